The van der Waals surface area contributed by atoms with Crippen LogP contribution in [-0.2, 0) is 23.9 Å². The monoisotopic (exact) mass is 518 g/mol. The molecule has 3 aliphatic carbocycles. The fraction of sp³-hybridized carbons (Fsp3) is 0.690. The van der Waals surface area contributed by atoms with E-state index in [-0.39, 0.29) is 36.8 Å². The predicted molar refractivity (Wildman–Crippen MR) is 137 cm³/mol. The highest BCUT2D eigenvalue weighted by Crippen LogP contribution is 2.63. The lowest BCUT2D eigenvalue weighted by molar-refractivity contribution is -0.192. The number of allylic oxidation sites excluding steroid dienone is 2. The van der Waals surface area contributed by atoms with E-state index in [1.54, 1.807) is 52.8 Å². The first-order valence-corrected chi connectivity index (χ1v) is 13.1. The van der Waals surface area contributed by atoms with Crippen molar-refractivity contribution in [3.8, 4) is 0 Å². The smallest absolute Gasteiger partial charge is 0.333 e. The van der Waals surface area contributed by atoms with E-state index in [0.717, 1.165) is 0 Å². The Labute approximate surface area is 219 Å². The van der Waals surface area contributed by atoms with Gasteiger partial charge in [-0.15, -0.1) is 0 Å². The molecule has 0 aromatic rings. The van der Waals surface area contributed by atoms with Crippen molar-refractivity contribution in [3.05, 3.63) is 34.9 Å². The minimum atomic E-state index is -2.30. The second-order valence-electron chi connectivity index (χ2n) is 11.8. The lowest BCUT2D eigenvalue weighted by atomic mass is 9.59. The molecule has 0 radical (unpaired) electrons. The first-order chi connectivity index (χ1) is 17.0. The maximum absolute atomic E-state index is 14.5. The van der Waals surface area contributed by atoms with E-state index in [1.165, 1.54) is 0 Å². The van der Waals surface area contributed by atoms with Gasteiger partial charge in [-0.2, -0.15) is 0 Å². The molecule has 0 aliphatic heterocycles. The normalized spacial score (nSPS) is 39.1. The van der Waals surface area contributed by atoms with Crippen molar-refractivity contribution in [1.29, 1.82) is 0 Å². The quantitative estimate of drug-likeness (QED) is 0.278. The molecular formula is C29H42O8. The Morgan fingerprint density at radius 1 is 1.19 bits per heavy atom. The lowest BCUT2D eigenvalue weighted by Gasteiger charge is -2.48. The minimum Gasteiger partial charge on any atom is -0.459 e. The third kappa shape index (κ3) is 4.12. The lowest BCUT2D eigenvalue weighted by Crippen LogP contribution is -2.65. The number of aliphatic hydroxyl groups is 3. The molecule has 3 rings (SSSR count). The summed E-state index contributed by atoms with van der Waals surface area (Å²) >= 11 is 0. The molecule has 0 heterocycles. The number of hydrogen-bond donors (Lipinski definition) is 3. The second kappa shape index (κ2) is 9.79. The van der Waals surface area contributed by atoms with Gasteiger partial charge in [-0.05, 0) is 57.6 Å². The standard InChI is InChI=1S/C29H42O8/c1-9-11-21(30)37-27(8)14-18(5)28-13-17(4)22(31)29(28,35)23(32)19(15-36-25(34)16(3)10-2)12-20(24(28)33)26(27,6)7/h10,12-13,18,20,22-23,31-32,35H,9,11,14-15H2,1-8H3/b16-10-/t18-,20?,22?,23?,27-,28+,29-/m1/s1. The molecule has 0 aromatic heterocycles. The molecule has 3 aliphatic rings. The van der Waals surface area contributed by atoms with Gasteiger partial charge in [0, 0.05) is 23.3 Å². The number of fused-ring (bicyclic) bond motifs is 1. The van der Waals surface area contributed by atoms with E-state index in [4.69, 9.17) is 9.47 Å². The summed E-state index contributed by atoms with van der Waals surface area (Å²) in [5, 5.41) is 35.0. The molecule has 0 saturated heterocycles. The Morgan fingerprint density at radius 3 is 2.38 bits per heavy atom. The maximum atomic E-state index is 14.5. The number of Topliss-reactive ketones (excluding diaryl/α,β-unsaturated/α-hetero) is 1. The van der Waals surface area contributed by atoms with Crippen LogP contribution in [0.2, 0.25) is 0 Å². The summed E-state index contributed by atoms with van der Waals surface area (Å²) in [7, 11) is 0. The summed E-state index contributed by atoms with van der Waals surface area (Å²) in [6, 6.07) is 0. The summed E-state index contributed by atoms with van der Waals surface area (Å²) in [4.78, 5) is 39.6. The van der Waals surface area contributed by atoms with E-state index < -0.39 is 52.0 Å². The molecule has 37 heavy (non-hydrogen) atoms. The topological polar surface area (TPSA) is 130 Å². The Balaban J connectivity index is 2.25. The van der Waals surface area contributed by atoms with Crippen molar-refractivity contribution < 1.29 is 39.2 Å². The van der Waals surface area contributed by atoms with Crippen LogP contribution in [0.15, 0.2) is 34.9 Å². The zero-order valence-electron chi connectivity index (χ0n) is 23.3. The molecule has 1 fully saturated rings. The fourth-order valence-electron chi connectivity index (χ4n) is 6.53. The number of ether oxygens (including phenoxy) is 2. The van der Waals surface area contributed by atoms with Gasteiger partial charge in [-0.25, -0.2) is 4.79 Å². The number of rotatable bonds is 6. The molecule has 0 aromatic carbocycles. The van der Waals surface area contributed by atoms with Crippen molar-refractivity contribution in [1.82, 2.24) is 0 Å². The molecule has 0 amide bonds. The number of aliphatic hydroxyl groups excluding tert-OH is 2. The van der Waals surface area contributed by atoms with E-state index in [1.807, 2.05) is 20.8 Å². The van der Waals surface area contributed by atoms with Crippen LogP contribution in [-0.4, -0.2) is 63.1 Å². The molecule has 1 saturated carbocycles. The van der Waals surface area contributed by atoms with Crippen LogP contribution in [0.5, 0.6) is 0 Å². The average molecular weight is 519 g/mol. The Kier molecular flexibility index (Phi) is 7.74. The average Bonchev–Trinajstić information content (AvgIpc) is 2.98. The van der Waals surface area contributed by atoms with Gasteiger partial charge in [0.15, 0.2) is 5.78 Å². The molecule has 3 N–H and O–H groups in total. The van der Waals surface area contributed by atoms with Gasteiger partial charge in [0.05, 0.1) is 5.41 Å². The SMILES string of the molecule is C/C=C(/C)C(=O)OCC1=CC2C(=O)[C@]3(C=C(C)C(O)[C@@]3(O)C1O)[C@H](C)C[C@@](C)(OC(=O)CCC)C2(C)C. The summed E-state index contributed by atoms with van der Waals surface area (Å²) in [6.45, 7) is 13.7. The van der Waals surface area contributed by atoms with Crippen molar-refractivity contribution in [2.45, 2.75) is 98.1 Å². The van der Waals surface area contributed by atoms with E-state index >= 15 is 0 Å². The first kappa shape index (κ1) is 29.3. The first-order valence-electron chi connectivity index (χ1n) is 13.1. The molecule has 206 valence electrons. The van der Waals surface area contributed by atoms with Crippen LogP contribution in [0.4, 0.5) is 0 Å². The van der Waals surface area contributed by atoms with Crippen molar-refractivity contribution in [3.63, 3.8) is 0 Å². The highest BCUT2D eigenvalue weighted by Gasteiger charge is 2.73. The van der Waals surface area contributed by atoms with Crippen LogP contribution in [0, 0.1) is 22.7 Å². The van der Waals surface area contributed by atoms with Gasteiger partial charge >= 0.3 is 11.9 Å². The van der Waals surface area contributed by atoms with Crippen LogP contribution in [0.25, 0.3) is 0 Å². The van der Waals surface area contributed by atoms with Gasteiger partial charge in [0.25, 0.3) is 0 Å². The van der Waals surface area contributed by atoms with Gasteiger partial charge in [0.2, 0.25) is 0 Å². The molecule has 8 heteroatoms. The number of carbonyl (C=O) groups excluding carboxylic acids is 3. The van der Waals surface area contributed by atoms with E-state index in [9.17, 15) is 29.7 Å². The minimum absolute atomic E-state index is 0.117. The third-order valence-electron chi connectivity index (χ3n) is 9.34. The maximum Gasteiger partial charge on any atom is 0.333 e. The predicted octanol–water partition coefficient (Wildman–Crippen LogP) is 3.19. The number of esters is 2. The van der Waals surface area contributed by atoms with Gasteiger partial charge in [-0.3, -0.25) is 9.59 Å². The van der Waals surface area contributed by atoms with Gasteiger partial charge in [-0.1, -0.05) is 45.9 Å². The Bertz CT molecular complexity index is 1070. The van der Waals surface area contributed by atoms with Gasteiger partial charge < -0.3 is 24.8 Å². The van der Waals surface area contributed by atoms with Crippen LogP contribution in [0.1, 0.15) is 74.7 Å². The largest absolute Gasteiger partial charge is 0.459 e. The summed E-state index contributed by atoms with van der Waals surface area (Å²) in [5.74, 6) is -2.88. The van der Waals surface area contributed by atoms with Crippen LogP contribution >= 0.6 is 0 Å². The fourth-order valence-corrected chi connectivity index (χ4v) is 6.53. The zero-order valence-corrected chi connectivity index (χ0v) is 23.3. The summed E-state index contributed by atoms with van der Waals surface area (Å²) in [5.41, 5.74) is -5.19. The highest BCUT2D eigenvalue weighted by atomic mass is 16.6. The summed E-state index contributed by atoms with van der Waals surface area (Å²) < 4.78 is 11.5. The number of hydrogen-bond acceptors (Lipinski definition) is 8. The number of ketones is 1. The zero-order chi connectivity index (χ0) is 28.1. The number of carbonyl (C=O) groups is 3. The Morgan fingerprint density at radius 2 is 1.81 bits per heavy atom. The molecule has 2 bridgehead atoms. The van der Waals surface area contributed by atoms with Crippen molar-refractivity contribution >= 4 is 17.7 Å². The molecule has 7 atom stereocenters. The third-order valence-corrected chi connectivity index (χ3v) is 9.34. The van der Waals surface area contributed by atoms with Crippen molar-refractivity contribution in [2.75, 3.05) is 6.61 Å². The van der Waals surface area contributed by atoms with Crippen LogP contribution < -0.4 is 0 Å². The van der Waals surface area contributed by atoms with Gasteiger partial charge in [0.1, 0.15) is 30.0 Å². The van der Waals surface area contributed by atoms with Crippen molar-refractivity contribution in [2.24, 2.45) is 22.7 Å². The second-order valence-corrected chi connectivity index (χ2v) is 11.8. The van der Waals surface area contributed by atoms with E-state index in [2.05, 4.69) is 0 Å². The van der Waals surface area contributed by atoms with Crippen LogP contribution in [0.3, 0.4) is 0 Å². The molecule has 8 nitrogen and oxygen atoms in total. The molecule has 3 unspecified atom stereocenters. The van der Waals surface area contributed by atoms with E-state index in [0.29, 0.717) is 17.6 Å². The Hall–Kier alpha value is -2.29. The summed E-state index contributed by atoms with van der Waals surface area (Å²) in [6.07, 6.45) is 2.57. The molecule has 1 spiro atoms. The highest BCUT2D eigenvalue weighted by molar-refractivity contribution is 5.95. The molecular weight excluding hydrogens is 476 g/mol.